The average molecular weight is 482 g/mol. The zero-order valence-electron chi connectivity index (χ0n) is 21.3. The van der Waals surface area contributed by atoms with Crippen LogP contribution < -0.4 is 18.9 Å². The maximum atomic E-state index is 9.73. The molecule has 2 rings (SSSR count). The van der Waals surface area contributed by atoms with Gasteiger partial charge in [-0.3, -0.25) is 0 Å². The van der Waals surface area contributed by atoms with Gasteiger partial charge < -0.3 is 24.1 Å². The van der Waals surface area contributed by atoms with E-state index < -0.39 is 0 Å². The summed E-state index contributed by atoms with van der Waals surface area (Å²) in [6.45, 7) is 0.960. The number of allylic oxidation sites excluding steroid dienone is 1. The lowest BCUT2D eigenvalue weighted by Crippen LogP contribution is -1.99. The summed E-state index contributed by atoms with van der Waals surface area (Å²) >= 11 is 0. The van der Waals surface area contributed by atoms with E-state index in [9.17, 15) is 5.26 Å². The van der Waals surface area contributed by atoms with E-state index in [4.69, 9.17) is 24.1 Å². The minimum absolute atomic E-state index is 0.310. The van der Waals surface area contributed by atoms with Gasteiger partial charge in [-0.25, -0.2) is 0 Å². The fourth-order valence-corrected chi connectivity index (χ4v) is 3.88. The largest absolute Gasteiger partial charge is 0.493 e. The van der Waals surface area contributed by atoms with Crippen LogP contribution in [0.25, 0.3) is 11.6 Å². The summed E-state index contributed by atoms with van der Waals surface area (Å²) in [5, 5.41) is 18.5. The molecule has 0 aliphatic rings. The van der Waals surface area contributed by atoms with Crippen molar-refractivity contribution >= 4 is 11.6 Å². The number of nitriles is 1. The van der Waals surface area contributed by atoms with Crippen molar-refractivity contribution in [2.45, 2.75) is 57.8 Å². The molecule has 0 radical (unpaired) electrons. The second-order valence-electron chi connectivity index (χ2n) is 8.40. The number of hydrogen-bond donors (Lipinski definition) is 1. The Bertz CT molecular complexity index is 964. The number of aliphatic hydroxyl groups is 1. The van der Waals surface area contributed by atoms with Gasteiger partial charge in [0, 0.05) is 6.61 Å². The van der Waals surface area contributed by atoms with Crippen molar-refractivity contribution in [3.63, 3.8) is 0 Å². The average Bonchev–Trinajstić information content (AvgIpc) is 2.90. The molecular formula is C29H39NO5. The van der Waals surface area contributed by atoms with Crippen LogP contribution in [0.3, 0.4) is 0 Å². The number of unbranched alkanes of at least 4 members (excludes halogenated alkanes) is 8. The molecule has 190 valence electrons. The standard InChI is InChI=1S/C29H39NO5/c1-32-26-16-14-24(21-29(26)34-3)25(22-30)19-23-13-15-27(28(20-23)33-2)35-18-12-10-8-6-4-5-7-9-11-17-31/h13-16,19-21,31H,4-12,17-18H2,1-3H3/b25-19+. The van der Waals surface area contributed by atoms with E-state index in [0.717, 1.165) is 36.8 Å². The molecule has 0 unspecified atom stereocenters. The summed E-state index contributed by atoms with van der Waals surface area (Å²) in [7, 11) is 4.78. The molecule has 0 aromatic heterocycles. The molecule has 0 spiro atoms. The molecule has 6 nitrogen and oxygen atoms in total. The first-order valence-electron chi connectivity index (χ1n) is 12.4. The van der Waals surface area contributed by atoms with Crippen LogP contribution in [0.15, 0.2) is 36.4 Å². The van der Waals surface area contributed by atoms with E-state index in [1.54, 1.807) is 33.5 Å². The SMILES string of the molecule is COc1ccc(/C(C#N)=C/c2ccc(OCCCCCCCCCCCO)c(OC)c2)cc1OC. The lowest BCUT2D eigenvalue weighted by Gasteiger charge is -2.12. The minimum Gasteiger partial charge on any atom is -0.493 e. The molecule has 1 N–H and O–H groups in total. The predicted octanol–water partition coefficient (Wildman–Crippen LogP) is 6.66. The quantitative estimate of drug-likeness (QED) is 0.155. The van der Waals surface area contributed by atoms with Gasteiger partial charge in [0.1, 0.15) is 0 Å². The molecule has 0 atom stereocenters. The summed E-state index contributed by atoms with van der Waals surface area (Å²) in [6, 6.07) is 13.4. The van der Waals surface area contributed by atoms with Gasteiger partial charge in [-0.1, -0.05) is 51.0 Å². The van der Waals surface area contributed by atoms with Crippen LogP contribution in [-0.2, 0) is 0 Å². The Kier molecular flexibility index (Phi) is 13.2. The van der Waals surface area contributed by atoms with E-state index in [-0.39, 0.29) is 0 Å². The van der Waals surface area contributed by atoms with Crippen molar-refractivity contribution in [2.75, 3.05) is 34.5 Å². The van der Waals surface area contributed by atoms with Crippen molar-refractivity contribution in [3.8, 4) is 29.1 Å². The van der Waals surface area contributed by atoms with Gasteiger partial charge in [0.25, 0.3) is 0 Å². The van der Waals surface area contributed by atoms with Gasteiger partial charge in [0.05, 0.1) is 39.6 Å². The Labute approximate surface area is 210 Å². The first-order chi connectivity index (χ1) is 17.2. The molecule has 6 heteroatoms. The van der Waals surface area contributed by atoms with Crippen LogP contribution in [0, 0.1) is 11.3 Å². The summed E-state index contributed by atoms with van der Waals surface area (Å²) < 4.78 is 22.1. The number of methoxy groups -OCH3 is 3. The highest BCUT2D eigenvalue weighted by Gasteiger charge is 2.10. The van der Waals surface area contributed by atoms with E-state index >= 15 is 0 Å². The van der Waals surface area contributed by atoms with Crippen molar-refractivity contribution in [1.82, 2.24) is 0 Å². The minimum atomic E-state index is 0.310. The van der Waals surface area contributed by atoms with Gasteiger partial charge in [0.2, 0.25) is 0 Å². The molecule has 0 amide bonds. The van der Waals surface area contributed by atoms with E-state index in [1.807, 2.05) is 30.3 Å². The van der Waals surface area contributed by atoms with E-state index in [2.05, 4.69) is 6.07 Å². The predicted molar refractivity (Wildman–Crippen MR) is 140 cm³/mol. The lowest BCUT2D eigenvalue weighted by atomic mass is 10.0. The van der Waals surface area contributed by atoms with Crippen LogP contribution in [0.2, 0.25) is 0 Å². The van der Waals surface area contributed by atoms with Gasteiger partial charge in [-0.15, -0.1) is 0 Å². The summed E-state index contributed by atoms with van der Waals surface area (Å²) in [5.41, 5.74) is 2.10. The molecule has 0 saturated heterocycles. The van der Waals surface area contributed by atoms with Gasteiger partial charge in [-0.05, 0) is 60.4 Å². The molecule has 0 bridgehead atoms. The summed E-state index contributed by atoms with van der Waals surface area (Å²) in [4.78, 5) is 0. The Morgan fingerprint density at radius 1 is 0.743 bits per heavy atom. The van der Waals surface area contributed by atoms with E-state index in [0.29, 0.717) is 41.8 Å². The first kappa shape index (κ1) is 28.1. The highest BCUT2D eigenvalue weighted by molar-refractivity contribution is 5.90. The summed E-state index contributed by atoms with van der Waals surface area (Å²) in [6.07, 6.45) is 12.3. The van der Waals surface area contributed by atoms with Crippen molar-refractivity contribution < 1.29 is 24.1 Å². The Balaban J connectivity index is 1.89. The maximum Gasteiger partial charge on any atom is 0.161 e. The monoisotopic (exact) mass is 481 g/mol. The fraction of sp³-hybridized carbons (Fsp3) is 0.483. The van der Waals surface area contributed by atoms with Crippen molar-refractivity contribution in [3.05, 3.63) is 47.5 Å². The second kappa shape index (κ2) is 16.5. The van der Waals surface area contributed by atoms with Crippen molar-refractivity contribution in [2.24, 2.45) is 0 Å². The van der Waals surface area contributed by atoms with Gasteiger partial charge in [-0.2, -0.15) is 5.26 Å². The van der Waals surface area contributed by atoms with Crippen LogP contribution in [-0.4, -0.2) is 39.6 Å². The van der Waals surface area contributed by atoms with Crippen LogP contribution in [0.4, 0.5) is 0 Å². The molecule has 0 heterocycles. The molecular weight excluding hydrogens is 442 g/mol. The van der Waals surface area contributed by atoms with Gasteiger partial charge in [0.15, 0.2) is 23.0 Å². The summed E-state index contributed by atoms with van der Waals surface area (Å²) in [5.74, 6) is 2.54. The number of rotatable bonds is 17. The Hall–Kier alpha value is -3.17. The third-order valence-electron chi connectivity index (χ3n) is 5.87. The molecule has 0 fully saturated rings. The highest BCUT2D eigenvalue weighted by Crippen LogP contribution is 2.33. The number of hydrogen-bond acceptors (Lipinski definition) is 6. The topological polar surface area (TPSA) is 80.9 Å². The fourth-order valence-electron chi connectivity index (χ4n) is 3.88. The Morgan fingerprint density at radius 3 is 1.91 bits per heavy atom. The zero-order valence-corrected chi connectivity index (χ0v) is 21.3. The third kappa shape index (κ3) is 9.54. The second-order valence-corrected chi connectivity index (χ2v) is 8.40. The normalized spacial score (nSPS) is 11.1. The lowest BCUT2D eigenvalue weighted by molar-refractivity contribution is 0.281. The van der Waals surface area contributed by atoms with Gasteiger partial charge >= 0.3 is 0 Å². The first-order valence-corrected chi connectivity index (χ1v) is 12.4. The smallest absolute Gasteiger partial charge is 0.161 e. The molecule has 0 saturated carbocycles. The third-order valence-corrected chi connectivity index (χ3v) is 5.87. The Morgan fingerprint density at radius 2 is 1.31 bits per heavy atom. The molecule has 0 aliphatic heterocycles. The van der Waals surface area contributed by atoms with Crippen LogP contribution >= 0.6 is 0 Å². The number of ether oxygens (including phenoxy) is 4. The molecule has 2 aromatic carbocycles. The number of benzene rings is 2. The number of nitrogens with zero attached hydrogens (tertiary/aromatic N) is 1. The molecule has 2 aromatic rings. The molecule has 35 heavy (non-hydrogen) atoms. The van der Waals surface area contributed by atoms with E-state index in [1.165, 1.54) is 32.1 Å². The number of aliphatic hydroxyl groups excluding tert-OH is 1. The van der Waals surface area contributed by atoms with Crippen molar-refractivity contribution in [1.29, 1.82) is 5.26 Å². The molecule has 0 aliphatic carbocycles. The van der Waals surface area contributed by atoms with Crippen LogP contribution in [0.5, 0.6) is 23.0 Å². The van der Waals surface area contributed by atoms with Crippen LogP contribution in [0.1, 0.15) is 68.9 Å². The zero-order chi connectivity index (χ0) is 25.3. The highest BCUT2D eigenvalue weighted by atomic mass is 16.5. The maximum absolute atomic E-state index is 9.73.